The van der Waals surface area contributed by atoms with Gasteiger partial charge >= 0.3 is 0 Å². The predicted molar refractivity (Wildman–Crippen MR) is 61.3 cm³/mol. The minimum atomic E-state index is 0.749. The Morgan fingerprint density at radius 3 is 2.64 bits per heavy atom. The van der Waals surface area contributed by atoms with Crippen molar-refractivity contribution >= 4 is 11.6 Å². The lowest BCUT2D eigenvalue weighted by Gasteiger charge is -2.10. The van der Waals surface area contributed by atoms with E-state index in [1.807, 2.05) is 19.1 Å². The zero-order valence-electron chi connectivity index (χ0n) is 9.06. The molecule has 1 aromatic carbocycles. The van der Waals surface area contributed by atoms with Gasteiger partial charge in [-0.15, -0.1) is 0 Å². The fourth-order valence-corrected chi connectivity index (χ4v) is 1.46. The molecule has 0 bridgehead atoms. The van der Waals surface area contributed by atoms with Crippen LogP contribution in [0.3, 0.4) is 0 Å². The summed E-state index contributed by atoms with van der Waals surface area (Å²) < 4.78 is 5.58. The Hall–Kier alpha value is -0.690. The van der Waals surface area contributed by atoms with Gasteiger partial charge < -0.3 is 4.74 Å². The lowest BCUT2D eigenvalue weighted by molar-refractivity contribution is 0.309. The maximum Gasteiger partial charge on any atom is 0.138 e. The molecule has 1 aromatic rings. The molecule has 1 nitrogen and oxygen atoms in total. The SMILES string of the molecule is CCCCOc1ccc(C)c(C)c1Cl. The third-order valence-corrected chi connectivity index (χ3v) is 2.85. The summed E-state index contributed by atoms with van der Waals surface area (Å²) >= 11 is 6.15. The maximum absolute atomic E-state index is 6.15. The number of aryl methyl sites for hydroxylation is 1. The van der Waals surface area contributed by atoms with E-state index in [0.29, 0.717) is 0 Å². The van der Waals surface area contributed by atoms with Crippen LogP contribution in [0.5, 0.6) is 5.75 Å². The molecule has 14 heavy (non-hydrogen) atoms. The topological polar surface area (TPSA) is 9.23 Å². The summed E-state index contributed by atoms with van der Waals surface area (Å²) in [5, 5.41) is 0.751. The van der Waals surface area contributed by atoms with Crippen LogP contribution in [-0.2, 0) is 0 Å². The summed E-state index contributed by atoms with van der Waals surface area (Å²) in [6.45, 7) is 6.96. The van der Waals surface area contributed by atoms with E-state index in [0.717, 1.165) is 35.8 Å². The molecule has 0 saturated heterocycles. The van der Waals surface area contributed by atoms with E-state index in [4.69, 9.17) is 16.3 Å². The molecule has 0 fully saturated rings. The van der Waals surface area contributed by atoms with E-state index in [1.54, 1.807) is 0 Å². The second-order valence-electron chi connectivity index (χ2n) is 3.52. The molecule has 78 valence electrons. The summed E-state index contributed by atoms with van der Waals surface area (Å²) in [7, 11) is 0. The second kappa shape index (κ2) is 5.26. The predicted octanol–water partition coefficient (Wildman–Crippen LogP) is 4.14. The average molecular weight is 213 g/mol. The molecule has 0 radical (unpaired) electrons. The van der Waals surface area contributed by atoms with Crippen molar-refractivity contribution in [3.05, 3.63) is 28.3 Å². The minimum Gasteiger partial charge on any atom is -0.492 e. The lowest BCUT2D eigenvalue weighted by atomic mass is 10.1. The van der Waals surface area contributed by atoms with Gasteiger partial charge in [-0.25, -0.2) is 0 Å². The van der Waals surface area contributed by atoms with Crippen molar-refractivity contribution in [3.63, 3.8) is 0 Å². The molecule has 0 atom stereocenters. The highest BCUT2D eigenvalue weighted by Crippen LogP contribution is 2.29. The molecule has 0 N–H and O–H groups in total. The molecule has 0 aliphatic carbocycles. The van der Waals surface area contributed by atoms with E-state index in [9.17, 15) is 0 Å². The first-order chi connectivity index (χ1) is 6.66. The Morgan fingerprint density at radius 1 is 1.29 bits per heavy atom. The molecule has 0 spiro atoms. The van der Waals surface area contributed by atoms with Crippen LogP contribution in [0.2, 0.25) is 5.02 Å². The number of ether oxygens (including phenoxy) is 1. The van der Waals surface area contributed by atoms with Crippen molar-refractivity contribution in [1.29, 1.82) is 0 Å². The van der Waals surface area contributed by atoms with E-state index in [-0.39, 0.29) is 0 Å². The van der Waals surface area contributed by atoms with Gasteiger partial charge in [-0.3, -0.25) is 0 Å². The summed E-state index contributed by atoms with van der Waals surface area (Å²) in [6.07, 6.45) is 2.21. The Bertz CT molecular complexity index is 307. The Balaban J connectivity index is 2.73. The largest absolute Gasteiger partial charge is 0.492 e. The molecule has 0 aromatic heterocycles. The first-order valence-electron chi connectivity index (χ1n) is 5.05. The molecule has 0 amide bonds. The molecule has 0 unspecified atom stereocenters. The van der Waals surface area contributed by atoms with Gasteiger partial charge in [-0.05, 0) is 37.5 Å². The van der Waals surface area contributed by atoms with Crippen molar-refractivity contribution in [2.24, 2.45) is 0 Å². The summed E-state index contributed by atoms with van der Waals surface area (Å²) in [6, 6.07) is 3.99. The average Bonchev–Trinajstić information content (AvgIpc) is 2.18. The number of halogens is 1. The van der Waals surface area contributed by atoms with Crippen LogP contribution in [0, 0.1) is 13.8 Å². The molecule has 0 aliphatic heterocycles. The van der Waals surface area contributed by atoms with Gasteiger partial charge in [0.25, 0.3) is 0 Å². The fourth-order valence-electron chi connectivity index (χ4n) is 1.19. The number of rotatable bonds is 4. The molecular weight excluding hydrogens is 196 g/mol. The highest BCUT2D eigenvalue weighted by atomic mass is 35.5. The van der Waals surface area contributed by atoms with Gasteiger partial charge in [0.05, 0.1) is 11.6 Å². The van der Waals surface area contributed by atoms with Crippen LogP contribution in [0.25, 0.3) is 0 Å². The first-order valence-corrected chi connectivity index (χ1v) is 5.43. The molecule has 0 heterocycles. The smallest absolute Gasteiger partial charge is 0.138 e. The number of unbranched alkanes of at least 4 members (excludes halogenated alkanes) is 1. The maximum atomic E-state index is 6.15. The van der Waals surface area contributed by atoms with E-state index in [2.05, 4.69) is 13.8 Å². The quantitative estimate of drug-likeness (QED) is 0.682. The van der Waals surface area contributed by atoms with Crippen molar-refractivity contribution in [2.75, 3.05) is 6.61 Å². The Kier molecular flexibility index (Phi) is 4.27. The zero-order valence-corrected chi connectivity index (χ0v) is 9.82. The highest BCUT2D eigenvalue weighted by molar-refractivity contribution is 6.32. The van der Waals surface area contributed by atoms with Crippen LogP contribution in [0.15, 0.2) is 12.1 Å². The Labute approximate surface area is 91.0 Å². The minimum absolute atomic E-state index is 0.749. The van der Waals surface area contributed by atoms with Gasteiger partial charge in [-0.2, -0.15) is 0 Å². The van der Waals surface area contributed by atoms with Crippen molar-refractivity contribution in [3.8, 4) is 5.75 Å². The van der Waals surface area contributed by atoms with Crippen LogP contribution in [0.4, 0.5) is 0 Å². The highest BCUT2D eigenvalue weighted by Gasteiger charge is 2.05. The van der Waals surface area contributed by atoms with Crippen molar-refractivity contribution in [1.82, 2.24) is 0 Å². The van der Waals surface area contributed by atoms with Gasteiger partial charge in [0, 0.05) is 0 Å². The van der Waals surface area contributed by atoms with Gasteiger partial charge in [-0.1, -0.05) is 31.0 Å². The molecule has 0 saturated carbocycles. The summed E-state index contributed by atoms with van der Waals surface area (Å²) in [5.74, 6) is 0.809. The van der Waals surface area contributed by atoms with E-state index >= 15 is 0 Å². The summed E-state index contributed by atoms with van der Waals surface area (Å²) in [5.41, 5.74) is 2.32. The monoisotopic (exact) mass is 212 g/mol. The van der Waals surface area contributed by atoms with Crippen LogP contribution < -0.4 is 4.74 Å². The fraction of sp³-hybridized carbons (Fsp3) is 0.500. The Morgan fingerprint density at radius 2 is 2.00 bits per heavy atom. The lowest BCUT2D eigenvalue weighted by Crippen LogP contribution is -1.98. The first kappa shape index (κ1) is 11.4. The van der Waals surface area contributed by atoms with E-state index in [1.165, 1.54) is 5.56 Å². The van der Waals surface area contributed by atoms with Gasteiger partial charge in [0.1, 0.15) is 5.75 Å². The normalized spacial score (nSPS) is 10.3. The number of benzene rings is 1. The van der Waals surface area contributed by atoms with Gasteiger partial charge in [0.15, 0.2) is 0 Å². The van der Waals surface area contributed by atoms with Gasteiger partial charge in [0.2, 0.25) is 0 Å². The number of hydrogen-bond acceptors (Lipinski definition) is 1. The standard InChI is InChI=1S/C12H17ClO/c1-4-5-8-14-11-7-6-9(2)10(3)12(11)13/h6-7H,4-5,8H2,1-3H3. The molecule has 1 rings (SSSR count). The number of hydrogen-bond donors (Lipinski definition) is 0. The molecule has 0 aliphatic rings. The molecule has 2 heteroatoms. The zero-order chi connectivity index (χ0) is 10.6. The van der Waals surface area contributed by atoms with Crippen LogP contribution >= 0.6 is 11.6 Å². The third kappa shape index (κ3) is 2.65. The van der Waals surface area contributed by atoms with Crippen LogP contribution in [-0.4, -0.2) is 6.61 Å². The second-order valence-corrected chi connectivity index (χ2v) is 3.90. The third-order valence-electron chi connectivity index (χ3n) is 2.38. The summed E-state index contributed by atoms with van der Waals surface area (Å²) in [4.78, 5) is 0. The van der Waals surface area contributed by atoms with Crippen LogP contribution in [0.1, 0.15) is 30.9 Å². The van der Waals surface area contributed by atoms with E-state index < -0.39 is 0 Å². The molecular formula is C12H17ClO. The van der Waals surface area contributed by atoms with Crippen molar-refractivity contribution in [2.45, 2.75) is 33.6 Å². The van der Waals surface area contributed by atoms with Crippen molar-refractivity contribution < 1.29 is 4.74 Å².